The Bertz CT molecular complexity index is 2000. The molecule has 2 aromatic rings. The van der Waals surface area contributed by atoms with Crippen molar-refractivity contribution in [3.05, 3.63) is 42.6 Å². The highest BCUT2D eigenvalue weighted by Crippen LogP contribution is 2.46. The molecule has 2 bridgehead atoms. The Balaban J connectivity index is 1.23. The van der Waals surface area contributed by atoms with E-state index in [1.165, 1.54) is 11.0 Å². The molecule has 4 amide bonds. The van der Waals surface area contributed by atoms with Crippen LogP contribution in [0.1, 0.15) is 97.1 Å². The molecule has 14 nitrogen and oxygen atoms in total. The molecule has 1 unspecified atom stereocenters. The predicted octanol–water partition coefficient (Wildman–Crippen LogP) is 4.69. The van der Waals surface area contributed by atoms with Crippen molar-refractivity contribution in [2.24, 2.45) is 17.3 Å². The number of carbonyl (C=O) groups is 4. The highest BCUT2D eigenvalue weighted by atomic mass is 32.2. The first-order valence-corrected chi connectivity index (χ1v) is 21.6. The van der Waals surface area contributed by atoms with Gasteiger partial charge in [-0.05, 0) is 93.4 Å². The maximum absolute atomic E-state index is 14.7. The molecule has 7 atom stereocenters. The molecule has 3 saturated carbocycles. The molecule has 0 radical (unpaired) electrons. The number of hydrogen-bond donors (Lipinski definition) is 3. The van der Waals surface area contributed by atoms with E-state index < -0.39 is 74.1 Å². The number of pyridine rings is 1. The number of benzene rings is 1. The van der Waals surface area contributed by atoms with Crippen molar-refractivity contribution in [3.8, 4) is 11.5 Å². The van der Waals surface area contributed by atoms with Gasteiger partial charge in [-0.25, -0.2) is 18.2 Å². The molecule has 7 rings (SSSR count). The van der Waals surface area contributed by atoms with Crippen molar-refractivity contribution >= 4 is 44.7 Å². The summed E-state index contributed by atoms with van der Waals surface area (Å²) in [6, 6.07) is 5.39. The second-order valence-corrected chi connectivity index (χ2v) is 19.3. The summed E-state index contributed by atoms with van der Waals surface area (Å²) in [6.07, 6.45) is 8.15. The van der Waals surface area contributed by atoms with Crippen molar-refractivity contribution in [1.82, 2.24) is 25.2 Å². The van der Waals surface area contributed by atoms with E-state index in [9.17, 15) is 27.6 Å². The van der Waals surface area contributed by atoms with Gasteiger partial charge in [0.2, 0.25) is 21.8 Å². The van der Waals surface area contributed by atoms with Gasteiger partial charge < -0.3 is 29.7 Å². The van der Waals surface area contributed by atoms with Crippen LogP contribution in [0.4, 0.5) is 4.79 Å². The third kappa shape index (κ3) is 8.33. The van der Waals surface area contributed by atoms with Crippen molar-refractivity contribution in [1.29, 1.82) is 0 Å². The van der Waals surface area contributed by atoms with Gasteiger partial charge in [-0.15, -0.1) is 6.58 Å². The Morgan fingerprint density at radius 1 is 1.05 bits per heavy atom. The lowest BCUT2D eigenvalue weighted by Gasteiger charge is -2.35. The van der Waals surface area contributed by atoms with Gasteiger partial charge in [0, 0.05) is 17.7 Å². The summed E-state index contributed by atoms with van der Waals surface area (Å²) in [7, 11) is -2.30. The SMILES string of the molecule is C=C[C@@H]1C[C@]1(NC(=O)[C@@H]1C[C@@H]2CN1C(=O)[C@H](C(C)(C)C)NC(=O)OC1CCC[C@H]1CCCCCc1nc3ccc(OC)cc3cc1O2)C(=O)NS(=O)(=O)C1CC1. The number of alkyl carbamates (subject to hydrolysis) is 1. The van der Waals surface area contributed by atoms with E-state index in [1.807, 2.05) is 45.0 Å². The minimum Gasteiger partial charge on any atom is -0.497 e. The van der Waals surface area contributed by atoms with Crippen LogP contribution in [0, 0.1) is 17.3 Å². The minimum atomic E-state index is -3.90. The van der Waals surface area contributed by atoms with E-state index in [0.717, 1.165) is 61.5 Å². The van der Waals surface area contributed by atoms with E-state index >= 15 is 0 Å². The van der Waals surface area contributed by atoms with Crippen molar-refractivity contribution in [2.75, 3.05) is 13.7 Å². The Kier molecular flexibility index (Phi) is 11.0. The smallest absolute Gasteiger partial charge is 0.408 e. The van der Waals surface area contributed by atoms with Crippen molar-refractivity contribution < 1.29 is 41.8 Å². The van der Waals surface area contributed by atoms with Crippen LogP contribution >= 0.6 is 0 Å². The Morgan fingerprint density at radius 3 is 2.52 bits per heavy atom. The number of nitrogens with one attached hydrogen (secondary N) is 3. The summed E-state index contributed by atoms with van der Waals surface area (Å²) >= 11 is 0. The fourth-order valence-corrected chi connectivity index (χ4v) is 9.99. The van der Waals surface area contributed by atoms with Crippen molar-refractivity contribution in [3.63, 3.8) is 0 Å². The molecule has 1 saturated heterocycles. The number of nitrogens with zero attached hydrogens (tertiary/aromatic N) is 2. The summed E-state index contributed by atoms with van der Waals surface area (Å²) in [5, 5.41) is 5.88. The van der Waals surface area contributed by atoms with Crippen LogP contribution in [0.3, 0.4) is 0 Å². The van der Waals surface area contributed by atoms with Gasteiger partial charge in [-0.2, -0.15) is 0 Å². The number of methoxy groups -OCH3 is 1. The molecular weight excluding hydrogens is 739 g/mol. The Morgan fingerprint density at radius 2 is 1.82 bits per heavy atom. The highest BCUT2D eigenvalue weighted by molar-refractivity contribution is 7.91. The minimum absolute atomic E-state index is 0.000652. The molecule has 0 spiro atoms. The number of sulfonamides is 1. The Labute approximate surface area is 328 Å². The molecule has 1 aromatic carbocycles. The van der Waals surface area contributed by atoms with E-state index in [0.29, 0.717) is 30.8 Å². The Hall–Kier alpha value is -4.40. The van der Waals surface area contributed by atoms with Crippen LogP contribution in [-0.4, -0.2) is 90.9 Å². The predicted molar refractivity (Wildman–Crippen MR) is 208 cm³/mol. The maximum Gasteiger partial charge on any atom is 0.408 e. The van der Waals surface area contributed by atoms with E-state index in [-0.39, 0.29) is 31.4 Å². The number of aromatic nitrogens is 1. The summed E-state index contributed by atoms with van der Waals surface area (Å²) in [5.41, 5.74) is -0.767. The number of ether oxygens (including phenoxy) is 3. The standard InChI is InChI=1S/C41H55N5O9S/c1-6-26-22-41(26,38(49)45-56(51,52)29-16-17-29)44-36(47)32-21-28-23-46(32)37(48)35(40(2,3)4)43-39(50)55-33-14-10-12-24(33)11-8-7-9-13-31-34(54-28)20-25-19-27(53-5)15-18-30(25)42-31/h6,15,18-20,24,26,28-29,32-33,35H,1,7-14,16-17,21-23H2,2-5H3,(H,43,50)(H,44,47)(H,45,49)/t24-,26-,28-,32+,33?,35-,41-/m1/s1. The van der Waals surface area contributed by atoms with Crippen LogP contribution in [-0.2, 0) is 35.6 Å². The van der Waals surface area contributed by atoms with Crippen LogP contribution in [0.5, 0.6) is 11.5 Å². The number of rotatable bonds is 7. The average Bonchev–Trinajstić information content (AvgIpc) is 4.04. The molecule has 3 aliphatic carbocycles. The topological polar surface area (TPSA) is 182 Å². The monoisotopic (exact) mass is 793 g/mol. The van der Waals surface area contributed by atoms with Gasteiger partial charge in [0.1, 0.15) is 41.3 Å². The zero-order chi connectivity index (χ0) is 40.0. The molecule has 56 heavy (non-hydrogen) atoms. The number of carbonyl (C=O) groups excluding carboxylic acids is 4. The summed E-state index contributed by atoms with van der Waals surface area (Å²) in [4.78, 5) is 62.7. The zero-order valence-electron chi connectivity index (χ0n) is 32.8. The van der Waals surface area contributed by atoms with Crippen LogP contribution < -0.4 is 24.8 Å². The molecule has 5 aliphatic rings. The van der Waals surface area contributed by atoms with Gasteiger partial charge in [0.05, 0.1) is 30.1 Å². The molecule has 4 fully saturated rings. The first-order chi connectivity index (χ1) is 26.6. The van der Waals surface area contributed by atoms with Gasteiger partial charge in [-0.3, -0.25) is 19.1 Å². The molecule has 2 aliphatic heterocycles. The van der Waals surface area contributed by atoms with Crippen molar-refractivity contribution in [2.45, 2.75) is 133 Å². The lowest BCUT2D eigenvalue weighted by Crippen LogP contribution is -2.60. The summed E-state index contributed by atoms with van der Waals surface area (Å²) in [5.74, 6) is -1.03. The average molecular weight is 794 g/mol. The zero-order valence-corrected chi connectivity index (χ0v) is 33.6. The molecule has 3 heterocycles. The van der Waals surface area contributed by atoms with Crippen LogP contribution in [0.15, 0.2) is 36.9 Å². The normalized spacial score (nSPS) is 30.0. The van der Waals surface area contributed by atoms with E-state index in [1.54, 1.807) is 7.11 Å². The molecule has 304 valence electrons. The van der Waals surface area contributed by atoms with Gasteiger partial charge in [0.25, 0.3) is 5.91 Å². The maximum atomic E-state index is 14.7. The molecular formula is C41H55N5O9S. The van der Waals surface area contributed by atoms with E-state index in [2.05, 4.69) is 21.9 Å². The third-order valence-corrected chi connectivity index (χ3v) is 14.0. The second-order valence-electron chi connectivity index (χ2n) is 17.3. The number of fused-ring (bicyclic) bond motifs is 5. The summed E-state index contributed by atoms with van der Waals surface area (Å²) < 4.78 is 45.9. The van der Waals surface area contributed by atoms with E-state index in [4.69, 9.17) is 19.2 Å². The number of amides is 4. The fraction of sp³-hybridized carbons (Fsp3) is 0.634. The fourth-order valence-electron chi connectivity index (χ4n) is 8.62. The number of aryl methyl sites for hydroxylation is 1. The highest BCUT2D eigenvalue weighted by Gasteiger charge is 2.62. The quantitative estimate of drug-likeness (QED) is 0.333. The van der Waals surface area contributed by atoms with Crippen LogP contribution in [0.2, 0.25) is 0 Å². The first-order valence-electron chi connectivity index (χ1n) is 20.0. The molecule has 3 N–H and O–H groups in total. The lowest BCUT2D eigenvalue weighted by atomic mass is 9.85. The largest absolute Gasteiger partial charge is 0.497 e. The van der Waals surface area contributed by atoms with Gasteiger partial charge in [-0.1, -0.05) is 39.7 Å². The van der Waals surface area contributed by atoms with Gasteiger partial charge >= 0.3 is 6.09 Å². The van der Waals surface area contributed by atoms with Gasteiger partial charge in [0.15, 0.2) is 0 Å². The molecule has 1 aromatic heterocycles. The molecule has 15 heteroatoms. The number of hydrogen-bond acceptors (Lipinski definition) is 10. The lowest BCUT2D eigenvalue weighted by molar-refractivity contribution is -0.143. The second kappa shape index (κ2) is 15.5. The van der Waals surface area contributed by atoms with Crippen LogP contribution in [0.25, 0.3) is 10.9 Å². The third-order valence-electron chi connectivity index (χ3n) is 12.2. The first kappa shape index (κ1) is 39.8. The summed E-state index contributed by atoms with van der Waals surface area (Å²) in [6.45, 7) is 9.30.